The number of aryl methyl sites for hydroxylation is 1. The average Bonchev–Trinajstić information content (AvgIpc) is 3.27. The van der Waals surface area contributed by atoms with E-state index < -0.39 is 35.2 Å². The number of carbonyl (C=O) groups excluding carboxylic acids is 1. The average molecular weight is 476 g/mol. The summed E-state index contributed by atoms with van der Waals surface area (Å²) in [7, 11) is 0. The smallest absolute Gasteiger partial charge is 0.326 e. The molecule has 10 nitrogen and oxygen atoms in total. The van der Waals surface area contributed by atoms with Gasteiger partial charge in [-0.05, 0) is 37.1 Å². The van der Waals surface area contributed by atoms with Gasteiger partial charge in [-0.15, -0.1) is 0 Å². The Kier molecular flexibility index (Phi) is 6.75. The van der Waals surface area contributed by atoms with Gasteiger partial charge in [0.2, 0.25) is 0 Å². The van der Waals surface area contributed by atoms with E-state index in [1.54, 1.807) is 19.1 Å². The molecule has 1 saturated heterocycles. The third kappa shape index (κ3) is 4.86. The van der Waals surface area contributed by atoms with Crippen LogP contribution in [0.5, 0.6) is 0 Å². The van der Waals surface area contributed by atoms with Crippen LogP contribution in [0.15, 0.2) is 39.7 Å². The number of furan rings is 1. The maximum atomic E-state index is 12.8. The second-order valence-electron chi connectivity index (χ2n) is 6.82. The SMILES string of the molecule is Cc1ccc(-c2ccc(/C=C3/SC(=S)N([C@H](CCC(=O)O)C(=O)O)C3=O)o2)c([N+](=O)[O-])c1. The highest BCUT2D eigenvalue weighted by Gasteiger charge is 2.40. The Morgan fingerprint density at radius 3 is 2.66 bits per heavy atom. The molecule has 0 aliphatic carbocycles. The van der Waals surface area contributed by atoms with E-state index in [4.69, 9.17) is 21.7 Å². The molecule has 0 bridgehead atoms. The first kappa shape index (κ1) is 23.2. The molecule has 0 saturated carbocycles. The Labute approximate surface area is 190 Å². The summed E-state index contributed by atoms with van der Waals surface area (Å²) in [5.74, 6) is -2.80. The standard InChI is InChI=1S/C20H16N2O8S2/c1-10-2-4-12(14(8-10)22(28)29)15-6-3-11(30-15)9-16-18(25)21(20(31)32-16)13(19(26)27)5-7-17(23)24/h2-4,6,8-9,13H,5,7H2,1H3,(H,23,24)(H,26,27)/b16-9+/t13-/m1/s1. The van der Waals surface area contributed by atoms with Crippen molar-refractivity contribution < 1.29 is 33.9 Å². The zero-order chi connectivity index (χ0) is 23.6. The molecule has 1 atom stereocenters. The van der Waals surface area contributed by atoms with Gasteiger partial charge < -0.3 is 14.6 Å². The van der Waals surface area contributed by atoms with Gasteiger partial charge in [0.1, 0.15) is 21.9 Å². The number of nitro benzene ring substituents is 1. The summed E-state index contributed by atoms with van der Waals surface area (Å²) in [5, 5.41) is 29.6. The van der Waals surface area contributed by atoms with Crippen LogP contribution in [0.1, 0.15) is 24.2 Å². The number of rotatable bonds is 8. The number of carboxylic acids is 2. The normalized spacial score (nSPS) is 15.9. The van der Waals surface area contributed by atoms with Crippen molar-refractivity contribution in [3.8, 4) is 11.3 Å². The van der Waals surface area contributed by atoms with E-state index in [0.29, 0.717) is 5.56 Å². The highest BCUT2D eigenvalue weighted by molar-refractivity contribution is 8.26. The third-order valence-electron chi connectivity index (χ3n) is 4.57. The third-order valence-corrected chi connectivity index (χ3v) is 5.90. The van der Waals surface area contributed by atoms with Crippen molar-refractivity contribution in [3.63, 3.8) is 0 Å². The van der Waals surface area contributed by atoms with Crippen LogP contribution in [0.2, 0.25) is 0 Å². The number of nitro groups is 1. The molecular weight excluding hydrogens is 460 g/mol. The summed E-state index contributed by atoms with van der Waals surface area (Å²) in [6.45, 7) is 1.73. The van der Waals surface area contributed by atoms with Gasteiger partial charge in [0.25, 0.3) is 11.6 Å². The summed E-state index contributed by atoms with van der Waals surface area (Å²) in [5.41, 5.74) is 0.860. The molecule has 0 unspecified atom stereocenters. The van der Waals surface area contributed by atoms with Gasteiger partial charge in [0.15, 0.2) is 0 Å². The monoisotopic (exact) mass is 476 g/mol. The lowest BCUT2D eigenvalue weighted by molar-refractivity contribution is -0.384. The maximum Gasteiger partial charge on any atom is 0.326 e. The quantitative estimate of drug-likeness (QED) is 0.250. The molecule has 1 aromatic carbocycles. The van der Waals surface area contributed by atoms with Crippen LogP contribution >= 0.6 is 24.0 Å². The summed E-state index contributed by atoms with van der Waals surface area (Å²) >= 11 is 6.00. The van der Waals surface area contributed by atoms with Crippen LogP contribution in [-0.4, -0.2) is 48.2 Å². The number of carboxylic acid groups (broad SMARTS) is 2. The van der Waals surface area contributed by atoms with Crippen LogP contribution in [0.3, 0.4) is 0 Å². The van der Waals surface area contributed by atoms with Crippen LogP contribution < -0.4 is 0 Å². The Balaban J connectivity index is 1.88. The van der Waals surface area contributed by atoms with E-state index in [0.717, 1.165) is 16.7 Å². The minimum atomic E-state index is -1.41. The zero-order valence-electron chi connectivity index (χ0n) is 16.5. The Hall–Kier alpha value is -3.51. The molecule has 1 amide bonds. The molecule has 1 aromatic heterocycles. The van der Waals surface area contributed by atoms with Crippen LogP contribution in [0.4, 0.5) is 5.69 Å². The topological polar surface area (TPSA) is 151 Å². The first-order valence-corrected chi connectivity index (χ1v) is 10.4. The van der Waals surface area contributed by atoms with E-state index in [-0.39, 0.29) is 38.4 Å². The second kappa shape index (κ2) is 9.32. The molecule has 1 aliphatic heterocycles. The highest BCUT2D eigenvalue weighted by Crippen LogP contribution is 2.37. The number of hydrogen-bond donors (Lipinski definition) is 2. The van der Waals surface area contributed by atoms with Crippen LogP contribution in [0, 0.1) is 17.0 Å². The molecular formula is C20H16N2O8S2. The van der Waals surface area contributed by atoms with Crippen molar-refractivity contribution in [1.82, 2.24) is 4.90 Å². The molecule has 2 heterocycles. The molecule has 0 radical (unpaired) electrons. The summed E-state index contributed by atoms with van der Waals surface area (Å²) in [6.07, 6.45) is 0.620. The minimum Gasteiger partial charge on any atom is -0.481 e. The van der Waals surface area contributed by atoms with Gasteiger partial charge >= 0.3 is 11.9 Å². The molecule has 2 aromatic rings. The molecule has 1 aliphatic rings. The van der Waals surface area contributed by atoms with Crippen molar-refractivity contribution in [1.29, 1.82) is 0 Å². The number of thiocarbonyl (C=S) groups is 1. The van der Waals surface area contributed by atoms with Crippen molar-refractivity contribution in [3.05, 3.63) is 56.7 Å². The lowest BCUT2D eigenvalue weighted by atomic mass is 10.1. The predicted molar refractivity (Wildman–Crippen MR) is 119 cm³/mol. The van der Waals surface area contributed by atoms with Gasteiger partial charge in [0.05, 0.1) is 15.4 Å². The fourth-order valence-electron chi connectivity index (χ4n) is 3.08. The van der Waals surface area contributed by atoms with Crippen molar-refractivity contribution in [2.45, 2.75) is 25.8 Å². The van der Waals surface area contributed by atoms with Crippen LogP contribution in [0.25, 0.3) is 17.4 Å². The molecule has 0 spiro atoms. The lowest BCUT2D eigenvalue weighted by Gasteiger charge is -2.22. The lowest BCUT2D eigenvalue weighted by Crippen LogP contribution is -2.44. The first-order chi connectivity index (χ1) is 15.1. The second-order valence-corrected chi connectivity index (χ2v) is 8.49. The largest absolute Gasteiger partial charge is 0.481 e. The fourth-order valence-corrected chi connectivity index (χ4v) is 4.41. The Bertz CT molecular complexity index is 1170. The minimum absolute atomic E-state index is 0.0139. The summed E-state index contributed by atoms with van der Waals surface area (Å²) < 4.78 is 5.65. The number of nitrogens with zero attached hydrogens (tertiary/aromatic N) is 2. The molecule has 3 rings (SSSR count). The van der Waals surface area contributed by atoms with Gasteiger partial charge in [-0.3, -0.25) is 24.6 Å². The summed E-state index contributed by atoms with van der Waals surface area (Å²) in [4.78, 5) is 47.0. The highest BCUT2D eigenvalue weighted by atomic mass is 32.2. The molecule has 32 heavy (non-hydrogen) atoms. The zero-order valence-corrected chi connectivity index (χ0v) is 18.1. The number of hydrogen-bond acceptors (Lipinski definition) is 8. The molecule has 12 heteroatoms. The van der Waals surface area contributed by atoms with Crippen molar-refractivity contribution >= 4 is 57.9 Å². The predicted octanol–water partition coefficient (Wildman–Crippen LogP) is 3.68. The van der Waals surface area contributed by atoms with Crippen LogP contribution in [-0.2, 0) is 14.4 Å². The maximum absolute atomic E-state index is 12.8. The van der Waals surface area contributed by atoms with E-state index in [1.807, 2.05) is 0 Å². The molecule has 2 N–H and O–H groups in total. The van der Waals surface area contributed by atoms with Gasteiger partial charge in [0, 0.05) is 18.6 Å². The van der Waals surface area contributed by atoms with E-state index >= 15 is 0 Å². The first-order valence-electron chi connectivity index (χ1n) is 9.15. The Morgan fingerprint density at radius 2 is 2.03 bits per heavy atom. The number of aliphatic carboxylic acids is 2. The van der Waals surface area contributed by atoms with E-state index in [2.05, 4.69) is 0 Å². The number of thioether (sulfide) groups is 1. The molecule has 1 fully saturated rings. The molecule has 166 valence electrons. The number of benzene rings is 1. The van der Waals surface area contributed by atoms with E-state index in [9.17, 15) is 29.6 Å². The summed E-state index contributed by atoms with van der Waals surface area (Å²) in [6, 6.07) is 6.33. The number of carbonyl (C=O) groups is 3. The van der Waals surface area contributed by atoms with Gasteiger partial charge in [-0.25, -0.2) is 4.79 Å². The van der Waals surface area contributed by atoms with Gasteiger partial charge in [-0.1, -0.05) is 30.0 Å². The Morgan fingerprint density at radius 1 is 1.31 bits per heavy atom. The van der Waals surface area contributed by atoms with E-state index in [1.165, 1.54) is 24.3 Å². The van der Waals surface area contributed by atoms with Crippen molar-refractivity contribution in [2.75, 3.05) is 0 Å². The number of amides is 1. The fraction of sp³-hybridized carbons (Fsp3) is 0.200. The van der Waals surface area contributed by atoms with Crippen molar-refractivity contribution in [2.24, 2.45) is 0 Å². The van der Waals surface area contributed by atoms with Gasteiger partial charge in [-0.2, -0.15) is 0 Å².